The Morgan fingerprint density at radius 1 is 1.21 bits per heavy atom. The molecule has 0 saturated heterocycles. The first kappa shape index (κ1) is 13.5. The van der Waals surface area contributed by atoms with Gasteiger partial charge in [0, 0.05) is 15.2 Å². The van der Waals surface area contributed by atoms with Gasteiger partial charge in [-0.05, 0) is 47.3 Å². The van der Waals surface area contributed by atoms with E-state index in [2.05, 4.69) is 60.1 Å². The Bertz CT molecular complexity index is 630. The summed E-state index contributed by atoms with van der Waals surface area (Å²) in [6.45, 7) is 4.72. The highest BCUT2D eigenvalue weighted by Crippen LogP contribution is 2.46. The maximum Gasteiger partial charge on any atom is 0.0487 e. The van der Waals surface area contributed by atoms with Crippen molar-refractivity contribution in [1.82, 2.24) is 0 Å². The summed E-state index contributed by atoms with van der Waals surface area (Å²) in [4.78, 5) is 0.405. The van der Waals surface area contributed by atoms with E-state index >= 15 is 0 Å². The lowest BCUT2D eigenvalue weighted by Crippen LogP contribution is -2.11. The summed E-state index contributed by atoms with van der Waals surface area (Å²) in [5.74, 6) is 0. The number of rotatable bonds is 0. The number of hydrogen-bond acceptors (Lipinski definition) is 0. The fourth-order valence-corrected chi connectivity index (χ4v) is 4.70. The molecule has 1 aliphatic rings. The van der Waals surface area contributed by atoms with Gasteiger partial charge < -0.3 is 0 Å². The van der Waals surface area contributed by atoms with Gasteiger partial charge in [-0.3, -0.25) is 0 Å². The number of fused-ring (bicyclic) bond motifs is 3. The summed E-state index contributed by atoms with van der Waals surface area (Å²) in [7, 11) is 0. The van der Waals surface area contributed by atoms with Gasteiger partial charge in [0.25, 0.3) is 0 Å². The van der Waals surface area contributed by atoms with E-state index in [1.807, 2.05) is 0 Å². The number of alkyl halides is 1. The van der Waals surface area contributed by atoms with Crippen LogP contribution in [0, 0.1) is 5.41 Å². The lowest BCUT2D eigenvalue weighted by atomic mass is 9.84. The first-order valence-electron chi connectivity index (χ1n) is 6.82. The Balaban J connectivity index is 2.26. The van der Waals surface area contributed by atoms with Crippen molar-refractivity contribution < 1.29 is 0 Å². The van der Waals surface area contributed by atoms with Crippen molar-refractivity contribution in [3.05, 3.63) is 46.5 Å². The van der Waals surface area contributed by atoms with Crippen LogP contribution in [-0.4, -0.2) is 0 Å². The van der Waals surface area contributed by atoms with E-state index in [-0.39, 0.29) is 0 Å². The average Bonchev–Trinajstić information content (AvgIpc) is 2.47. The van der Waals surface area contributed by atoms with Gasteiger partial charge in [0.05, 0.1) is 0 Å². The fourth-order valence-electron chi connectivity index (χ4n) is 3.13. The lowest BCUT2D eigenvalue weighted by molar-refractivity contribution is 0.316. The molecule has 0 spiro atoms. The van der Waals surface area contributed by atoms with Gasteiger partial charge in [0.1, 0.15) is 0 Å². The third-order valence-electron chi connectivity index (χ3n) is 4.26. The molecule has 0 aromatic heterocycles. The SMILES string of the molecule is CC1(C)CCc2c(cc(Cl)c3ccccc23)C(Br)C1. The van der Waals surface area contributed by atoms with Crippen molar-refractivity contribution in [2.75, 3.05) is 0 Å². The Morgan fingerprint density at radius 2 is 1.89 bits per heavy atom. The maximum absolute atomic E-state index is 6.46. The van der Waals surface area contributed by atoms with E-state index in [4.69, 9.17) is 11.6 Å². The third kappa shape index (κ3) is 2.43. The second-order valence-electron chi connectivity index (χ2n) is 6.31. The van der Waals surface area contributed by atoms with Crippen LogP contribution in [-0.2, 0) is 6.42 Å². The van der Waals surface area contributed by atoms with E-state index < -0.39 is 0 Å². The minimum absolute atomic E-state index is 0.376. The Hall–Kier alpha value is -0.530. The van der Waals surface area contributed by atoms with Gasteiger partial charge in [-0.1, -0.05) is 65.6 Å². The molecule has 0 nitrogen and oxygen atoms in total. The van der Waals surface area contributed by atoms with Crippen molar-refractivity contribution in [3.63, 3.8) is 0 Å². The zero-order valence-electron chi connectivity index (χ0n) is 11.3. The van der Waals surface area contributed by atoms with Crippen molar-refractivity contribution in [2.45, 2.75) is 37.9 Å². The van der Waals surface area contributed by atoms with Gasteiger partial charge in [-0.2, -0.15) is 0 Å². The maximum atomic E-state index is 6.46. The van der Waals surface area contributed by atoms with Crippen molar-refractivity contribution in [3.8, 4) is 0 Å². The van der Waals surface area contributed by atoms with Crippen molar-refractivity contribution >= 4 is 38.3 Å². The van der Waals surface area contributed by atoms with Crippen LogP contribution in [0.1, 0.15) is 42.6 Å². The molecule has 0 saturated carbocycles. The van der Waals surface area contributed by atoms with Crippen LogP contribution in [0.4, 0.5) is 0 Å². The van der Waals surface area contributed by atoms with Gasteiger partial charge in [-0.25, -0.2) is 0 Å². The molecule has 1 aliphatic carbocycles. The molecule has 0 amide bonds. The predicted octanol–water partition coefficient (Wildman–Crippen LogP) is 6.29. The minimum atomic E-state index is 0.376. The first-order chi connectivity index (χ1) is 8.98. The molecule has 0 bridgehead atoms. The molecule has 100 valence electrons. The standard InChI is InChI=1S/C17H18BrCl/c1-17(2)8-7-12-11-5-3-4-6-13(11)16(19)9-14(12)15(18)10-17/h3-6,9,15H,7-8,10H2,1-2H3. The highest BCUT2D eigenvalue weighted by atomic mass is 79.9. The van der Waals surface area contributed by atoms with Crippen LogP contribution in [0.2, 0.25) is 5.02 Å². The van der Waals surface area contributed by atoms with Gasteiger partial charge >= 0.3 is 0 Å². The molecule has 0 radical (unpaired) electrons. The highest BCUT2D eigenvalue weighted by molar-refractivity contribution is 9.09. The van der Waals surface area contributed by atoms with Gasteiger partial charge in [0.2, 0.25) is 0 Å². The summed E-state index contributed by atoms with van der Waals surface area (Å²) >= 11 is 10.3. The van der Waals surface area contributed by atoms with E-state index in [0.29, 0.717) is 10.2 Å². The van der Waals surface area contributed by atoms with Crippen LogP contribution >= 0.6 is 27.5 Å². The zero-order valence-corrected chi connectivity index (χ0v) is 13.7. The largest absolute Gasteiger partial charge is 0.0838 e. The van der Waals surface area contributed by atoms with Crippen LogP contribution in [0.25, 0.3) is 10.8 Å². The number of benzene rings is 2. The van der Waals surface area contributed by atoms with Crippen molar-refractivity contribution in [2.24, 2.45) is 5.41 Å². The Kier molecular flexibility index (Phi) is 3.39. The number of hydrogen-bond donors (Lipinski definition) is 0. The molecule has 0 aliphatic heterocycles. The number of aryl methyl sites for hydroxylation is 1. The lowest BCUT2D eigenvalue weighted by Gasteiger charge is -2.23. The molecular weight excluding hydrogens is 320 g/mol. The smallest absolute Gasteiger partial charge is 0.0487 e. The summed E-state index contributed by atoms with van der Waals surface area (Å²) < 4.78 is 0. The number of halogens is 2. The highest BCUT2D eigenvalue weighted by Gasteiger charge is 2.29. The molecule has 1 unspecified atom stereocenters. The normalized spacial score (nSPS) is 22.0. The molecule has 3 rings (SSSR count). The first-order valence-corrected chi connectivity index (χ1v) is 8.11. The van der Waals surface area contributed by atoms with E-state index in [0.717, 1.165) is 17.9 Å². The molecule has 0 N–H and O–H groups in total. The molecule has 0 heterocycles. The second kappa shape index (κ2) is 4.79. The van der Waals surface area contributed by atoms with Crippen molar-refractivity contribution in [1.29, 1.82) is 0 Å². The van der Waals surface area contributed by atoms with E-state index in [1.54, 1.807) is 0 Å². The zero-order chi connectivity index (χ0) is 13.6. The van der Waals surface area contributed by atoms with Crippen LogP contribution in [0.3, 0.4) is 0 Å². The quantitative estimate of drug-likeness (QED) is 0.391. The third-order valence-corrected chi connectivity index (χ3v) is 5.39. The monoisotopic (exact) mass is 336 g/mol. The molecular formula is C17H18BrCl. The van der Waals surface area contributed by atoms with Gasteiger partial charge in [0.15, 0.2) is 0 Å². The average molecular weight is 338 g/mol. The minimum Gasteiger partial charge on any atom is -0.0838 e. The predicted molar refractivity (Wildman–Crippen MR) is 87.3 cm³/mol. The topological polar surface area (TPSA) is 0 Å². The second-order valence-corrected chi connectivity index (χ2v) is 7.82. The Morgan fingerprint density at radius 3 is 2.63 bits per heavy atom. The molecule has 0 fully saturated rings. The fraction of sp³-hybridized carbons (Fsp3) is 0.412. The molecule has 2 aromatic carbocycles. The molecule has 1 atom stereocenters. The van der Waals surface area contributed by atoms with Crippen LogP contribution < -0.4 is 0 Å². The summed E-state index contributed by atoms with van der Waals surface area (Å²) in [5, 5.41) is 3.38. The molecule has 2 heteroatoms. The summed E-state index contributed by atoms with van der Waals surface area (Å²) in [5.41, 5.74) is 3.24. The molecule has 2 aromatic rings. The molecule has 19 heavy (non-hydrogen) atoms. The Labute approximate surface area is 128 Å². The van der Waals surface area contributed by atoms with E-state index in [9.17, 15) is 0 Å². The van der Waals surface area contributed by atoms with Crippen LogP contribution in [0.5, 0.6) is 0 Å². The van der Waals surface area contributed by atoms with Gasteiger partial charge in [-0.15, -0.1) is 0 Å². The summed E-state index contributed by atoms with van der Waals surface area (Å²) in [6.07, 6.45) is 3.53. The van der Waals surface area contributed by atoms with Crippen LogP contribution in [0.15, 0.2) is 30.3 Å². The summed E-state index contributed by atoms with van der Waals surface area (Å²) in [6, 6.07) is 10.7. The van der Waals surface area contributed by atoms with E-state index in [1.165, 1.54) is 28.3 Å².